The van der Waals surface area contributed by atoms with Gasteiger partial charge in [0.15, 0.2) is 0 Å². The fourth-order valence-electron chi connectivity index (χ4n) is 5.32. The second kappa shape index (κ2) is 14.5. The first-order valence-electron chi connectivity index (χ1n) is 13.5. The number of carbonyl (C=O) groups is 3. The molecule has 214 valence electrons. The molecule has 1 aromatic rings. The zero-order chi connectivity index (χ0) is 28.5. The van der Waals surface area contributed by atoms with Gasteiger partial charge in [0, 0.05) is 37.3 Å². The molecule has 0 bridgehead atoms. The van der Waals surface area contributed by atoms with E-state index in [1.165, 1.54) is 13.3 Å². The van der Waals surface area contributed by atoms with E-state index in [1.54, 1.807) is 44.7 Å². The summed E-state index contributed by atoms with van der Waals surface area (Å²) in [6.07, 6.45) is 7.19. The van der Waals surface area contributed by atoms with Crippen LogP contribution in [0.15, 0.2) is 18.7 Å². The van der Waals surface area contributed by atoms with Gasteiger partial charge in [-0.25, -0.2) is 9.78 Å². The molecule has 11 heteroatoms. The summed E-state index contributed by atoms with van der Waals surface area (Å²) in [5, 5.41) is 6.25. The van der Waals surface area contributed by atoms with Crippen LogP contribution in [0, 0.1) is 17.8 Å². The highest BCUT2D eigenvalue weighted by molar-refractivity contribution is 7.80. The van der Waals surface area contributed by atoms with Crippen LogP contribution in [0.3, 0.4) is 0 Å². The average molecular weight is 553 g/mol. The van der Waals surface area contributed by atoms with E-state index in [0.29, 0.717) is 0 Å². The molecule has 0 aromatic carbocycles. The molecule has 2 N–H and O–H groups in total. The van der Waals surface area contributed by atoms with Crippen LogP contribution in [0.25, 0.3) is 0 Å². The van der Waals surface area contributed by atoms with Crippen LogP contribution in [0.4, 0.5) is 4.79 Å². The number of esters is 1. The van der Waals surface area contributed by atoms with Gasteiger partial charge < -0.3 is 24.8 Å². The van der Waals surface area contributed by atoms with Crippen LogP contribution in [0.1, 0.15) is 80.6 Å². The van der Waals surface area contributed by atoms with Gasteiger partial charge >= 0.3 is 12.1 Å². The molecule has 1 fully saturated rings. The lowest BCUT2D eigenvalue weighted by molar-refractivity contribution is -0.151. The van der Waals surface area contributed by atoms with E-state index in [1.807, 2.05) is 0 Å². The van der Waals surface area contributed by atoms with Gasteiger partial charge in [0.2, 0.25) is 5.91 Å². The Morgan fingerprint density at radius 1 is 1.16 bits per heavy atom. The Morgan fingerprint density at radius 2 is 1.82 bits per heavy atom. The molecule has 0 saturated heterocycles. The highest BCUT2D eigenvalue weighted by atomic mass is 32.1. The van der Waals surface area contributed by atoms with E-state index >= 15 is 0 Å². The quantitative estimate of drug-likeness (QED) is 0.309. The summed E-state index contributed by atoms with van der Waals surface area (Å²) < 4.78 is 18.9. The van der Waals surface area contributed by atoms with E-state index in [9.17, 15) is 14.4 Å². The predicted octanol–water partition coefficient (Wildman–Crippen LogP) is 4.21. The van der Waals surface area contributed by atoms with Crippen LogP contribution >= 0.6 is 12.2 Å². The lowest BCUT2D eigenvalue weighted by atomic mass is 9.78. The Morgan fingerprint density at radius 3 is 2.32 bits per heavy atom. The summed E-state index contributed by atoms with van der Waals surface area (Å²) in [4.78, 5) is 42.6. The maximum Gasteiger partial charge on any atom is 0.407 e. The summed E-state index contributed by atoms with van der Waals surface area (Å²) in [5.74, 6) is -1.74. The topological polar surface area (TPSA) is 121 Å². The van der Waals surface area contributed by atoms with Crippen molar-refractivity contribution in [2.45, 2.75) is 104 Å². The molecule has 1 unspecified atom stereocenters. The molecular weight excluding hydrogens is 508 g/mol. The molecule has 0 spiro atoms. The Balaban J connectivity index is 2.58. The number of imidazole rings is 1. The minimum Gasteiger partial charge on any atom is -0.466 e. The summed E-state index contributed by atoms with van der Waals surface area (Å²) in [6.45, 7) is 13.0. The van der Waals surface area contributed by atoms with Gasteiger partial charge in [-0.3, -0.25) is 14.2 Å². The smallest absolute Gasteiger partial charge is 0.407 e. The van der Waals surface area contributed by atoms with E-state index in [-0.39, 0.29) is 36.1 Å². The Bertz CT molecular complexity index is 926. The van der Waals surface area contributed by atoms with Crippen molar-refractivity contribution in [2.75, 3.05) is 6.61 Å². The van der Waals surface area contributed by atoms with Gasteiger partial charge in [0.05, 0.1) is 12.5 Å². The number of carbonyl (C=O) groups excluding carboxylic acids is 3. The molecule has 0 radical (unpaired) electrons. The van der Waals surface area contributed by atoms with Crippen LogP contribution in [0.5, 0.6) is 0 Å². The monoisotopic (exact) mass is 552 g/mol. The van der Waals surface area contributed by atoms with Crippen LogP contribution in [-0.2, 0) is 23.8 Å². The highest BCUT2D eigenvalue weighted by Crippen LogP contribution is 2.41. The number of rotatable bonds is 11. The predicted molar refractivity (Wildman–Crippen MR) is 147 cm³/mol. The fourth-order valence-corrected chi connectivity index (χ4v) is 5.54. The minimum absolute atomic E-state index is 0.0932. The SMILES string of the molecule is CCCC(CCC)C(NC(C)=O)[C@H]1[C@@H](OC(=S)n2ccnc2)[C@H](C(=O)OCC)C[C@@H]1NC(=O)OC(C)(C)C. The zero-order valence-corrected chi connectivity index (χ0v) is 24.5. The van der Waals surface area contributed by atoms with Gasteiger partial charge in [-0.2, -0.15) is 0 Å². The molecule has 1 saturated carbocycles. The summed E-state index contributed by atoms with van der Waals surface area (Å²) in [6, 6.07) is -0.926. The first-order chi connectivity index (χ1) is 17.9. The van der Waals surface area contributed by atoms with Gasteiger partial charge in [-0.1, -0.05) is 26.7 Å². The molecule has 1 aliphatic carbocycles. The molecule has 5 atom stereocenters. The fraction of sp³-hybridized carbons (Fsp3) is 0.741. The summed E-state index contributed by atoms with van der Waals surface area (Å²) >= 11 is 5.56. The largest absolute Gasteiger partial charge is 0.466 e. The van der Waals surface area contributed by atoms with Crippen molar-refractivity contribution in [3.05, 3.63) is 18.7 Å². The standard InChI is InChI=1S/C27H44N4O6S/c1-8-11-18(12-9-2)22(29-17(4)32)21-20(30-25(34)37-27(5,6)7)15-19(24(33)35-10-3)23(21)36-26(38)31-14-13-28-16-31/h13-14,16,18-23H,8-12,15H2,1-7H3,(H,29,32)(H,30,34)/t19-,20+,21+,22?,23+/m1/s1. The second-order valence-electron chi connectivity index (χ2n) is 10.8. The second-order valence-corrected chi connectivity index (χ2v) is 11.2. The molecule has 0 aliphatic heterocycles. The van der Waals surface area contributed by atoms with Crippen LogP contribution < -0.4 is 10.6 Å². The number of ether oxygens (including phenoxy) is 3. The molecular formula is C27H44N4O6S. The third-order valence-corrected chi connectivity index (χ3v) is 6.91. The van der Waals surface area contributed by atoms with Gasteiger partial charge in [-0.15, -0.1) is 0 Å². The molecule has 1 aliphatic rings. The number of amides is 2. The number of thiocarbonyl (C=S) groups is 1. The van der Waals surface area contributed by atoms with Crippen molar-refractivity contribution < 1.29 is 28.6 Å². The van der Waals surface area contributed by atoms with Gasteiger partial charge in [0.25, 0.3) is 5.17 Å². The third-order valence-electron chi connectivity index (χ3n) is 6.60. The molecule has 1 heterocycles. The number of aromatic nitrogens is 2. The Labute approximate surface area is 231 Å². The van der Waals surface area contributed by atoms with Gasteiger partial charge in [0.1, 0.15) is 18.0 Å². The Kier molecular flexibility index (Phi) is 12.0. The first kappa shape index (κ1) is 31.5. The number of nitrogens with one attached hydrogen (secondary N) is 2. The van der Waals surface area contributed by atoms with Crippen molar-refractivity contribution >= 4 is 35.4 Å². The maximum absolute atomic E-state index is 13.2. The van der Waals surface area contributed by atoms with Crippen molar-refractivity contribution in [3.63, 3.8) is 0 Å². The van der Waals surface area contributed by atoms with Crippen molar-refractivity contribution in [2.24, 2.45) is 17.8 Å². The van der Waals surface area contributed by atoms with Crippen molar-refractivity contribution in [1.29, 1.82) is 0 Å². The van der Waals surface area contributed by atoms with E-state index < -0.39 is 41.6 Å². The van der Waals surface area contributed by atoms with Crippen molar-refractivity contribution in [3.8, 4) is 0 Å². The number of alkyl carbamates (subject to hydrolysis) is 1. The number of hydrogen-bond donors (Lipinski definition) is 2. The normalized spacial score (nSPS) is 22.0. The Hall–Kier alpha value is -2.69. The van der Waals surface area contributed by atoms with E-state index in [2.05, 4.69) is 29.5 Å². The van der Waals surface area contributed by atoms with Crippen LogP contribution in [0.2, 0.25) is 0 Å². The van der Waals surface area contributed by atoms with Gasteiger partial charge in [-0.05, 0) is 65.1 Å². The molecule has 2 amide bonds. The van der Waals surface area contributed by atoms with E-state index in [0.717, 1.165) is 25.7 Å². The molecule has 2 rings (SSSR count). The number of nitrogens with zero attached hydrogens (tertiary/aromatic N) is 2. The summed E-state index contributed by atoms with van der Waals surface area (Å²) in [7, 11) is 0. The number of hydrogen-bond acceptors (Lipinski definition) is 8. The first-order valence-corrected chi connectivity index (χ1v) is 13.9. The lowest BCUT2D eigenvalue weighted by Gasteiger charge is -2.38. The molecule has 10 nitrogen and oxygen atoms in total. The van der Waals surface area contributed by atoms with E-state index in [4.69, 9.17) is 26.4 Å². The minimum atomic E-state index is -0.767. The molecule has 1 aromatic heterocycles. The van der Waals surface area contributed by atoms with Crippen molar-refractivity contribution in [1.82, 2.24) is 20.2 Å². The molecule has 38 heavy (non-hydrogen) atoms. The third kappa shape index (κ3) is 8.96. The summed E-state index contributed by atoms with van der Waals surface area (Å²) in [5.41, 5.74) is -0.707. The lowest BCUT2D eigenvalue weighted by Crippen LogP contribution is -2.55. The zero-order valence-electron chi connectivity index (χ0n) is 23.7. The van der Waals surface area contributed by atoms with Crippen LogP contribution in [-0.4, -0.2) is 63.1 Å². The highest BCUT2D eigenvalue weighted by Gasteiger charge is 2.54. The average Bonchev–Trinajstić information content (AvgIpc) is 3.45. The maximum atomic E-state index is 13.2.